The number of carboxylic acid groups (broad SMARTS) is 1. The Bertz CT molecular complexity index is 1180. The highest BCUT2D eigenvalue weighted by Gasteiger charge is 2.24. The van der Waals surface area contributed by atoms with E-state index >= 15 is 0 Å². The molecule has 0 radical (unpaired) electrons. The van der Waals surface area contributed by atoms with Crippen molar-refractivity contribution in [2.75, 3.05) is 31.1 Å². The first-order valence-electron chi connectivity index (χ1n) is 10.2. The third-order valence-corrected chi connectivity index (χ3v) is 5.39. The van der Waals surface area contributed by atoms with Crippen LogP contribution in [0.1, 0.15) is 12.8 Å². The monoisotopic (exact) mass is 435 g/mol. The Kier molecular flexibility index (Phi) is 5.93. The number of carboxylic acids is 1. The van der Waals surface area contributed by atoms with E-state index in [0.717, 1.165) is 5.56 Å². The molecule has 2 heterocycles. The number of fused-ring (bicyclic) bond motifs is 1. The number of hydrogen-bond acceptors (Lipinski definition) is 7. The van der Waals surface area contributed by atoms with Crippen molar-refractivity contribution in [3.63, 3.8) is 0 Å². The number of carbonyl (C=O) groups excluding carboxylic acids is 1. The van der Waals surface area contributed by atoms with Crippen molar-refractivity contribution < 1.29 is 19.6 Å². The van der Waals surface area contributed by atoms with Crippen LogP contribution in [0.15, 0.2) is 48.5 Å². The van der Waals surface area contributed by atoms with Gasteiger partial charge < -0.3 is 14.9 Å². The molecule has 1 N–H and O–H groups in total. The lowest BCUT2D eigenvalue weighted by Crippen LogP contribution is -2.49. The van der Waals surface area contributed by atoms with E-state index in [1.165, 1.54) is 12.1 Å². The normalized spacial score (nSPS) is 13.9. The minimum atomic E-state index is -0.991. The van der Waals surface area contributed by atoms with Crippen LogP contribution in [-0.4, -0.2) is 63.0 Å². The molecule has 1 fully saturated rings. The topological polar surface area (TPSA) is 130 Å². The number of nitrogens with zero attached hydrogens (tertiary/aromatic N) is 5. The summed E-state index contributed by atoms with van der Waals surface area (Å²) in [4.78, 5) is 46.7. The van der Waals surface area contributed by atoms with Gasteiger partial charge in [-0.1, -0.05) is 30.3 Å². The molecule has 0 spiro atoms. The highest BCUT2D eigenvalue weighted by Crippen LogP contribution is 2.31. The van der Waals surface area contributed by atoms with Gasteiger partial charge in [-0.2, -0.15) is 0 Å². The van der Waals surface area contributed by atoms with Crippen molar-refractivity contribution in [2.45, 2.75) is 12.8 Å². The van der Waals surface area contributed by atoms with E-state index in [0.29, 0.717) is 48.7 Å². The van der Waals surface area contributed by atoms with Crippen LogP contribution in [0.25, 0.3) is 22.2 Å². The van der Waals surface area contributed by atoms with Crippen molar-refractivity contribution in [3.8, 4) is 11.3 Å². The molecule has 3 aromatic rings. The van der Waals surface area contributed by atoms with E-state index in [2.05, 4.69) is 4.98 Å². The van der Waals surface area contributed by atoms with Crippen molar-refractivity contribution >= 4 is 34.4 Å². The molecular weight excluding hydrogens is 414 g/mol. The van der Waals surface area contributed by atoms with E-state index in [9.17, 15) is 19.7 Å². The first kappa shape index (κ1) is 21.2. The number of rotatable bonds is 6. The third kappa shape index (κ3) is 4.48. The largest absolute Gasteiger partial charge is 0.481 e. The van der Waals surface area contributed by atoms with Gasteiger partial charge in [0.25, 0.3) is 5.69 Å². The van der Waals surface area contributed by atoms with Crippen molar-refractivity contribution in [2.24, 2.45) is 0 Å². The van der Waals surface area contributed by atoms with E-state index in [4.69, 9.17) is 10.1 Å². The molecule has 0 atom stereocenters. The van der Waals surface area contributed by atoms with Gasteiger partial charge in [0, 0.05) is 55.7 Å². The zero-order chi connectivity index (χ0) is 22.7. The Hall–Kier alpha value is -4.08. The first-order chi connectivity index (χ1) is 15.4. The summed E-state index contributed by atoms with van der Waals surface area (Å²) in [6, 6.07) is 14.0. The van der Waals surface area contributed by atoms with Crippen LogP contribution >= 0.6 is 0 Å². The SMILES string of the molecule is O=C(O)CCC(=O)N1CCN(c2nc(-c3ccccc3)c3cc([N+](=O)[O-])ccc3n2)CC1. The lowest BCUT2D eigenvalue weighted by Gasteiger charge is -2.35. The summed E-state index contributed by atoms with van der Waals surface area (Å²) < 4.78 is 0. The van der Waals surface area contributed by atoms with Gasteiger partial charge in [-0.25, -0.2) is 9.97 Å². The van der Waals surface area contributed by atoms with E-state index in [-0.39, 0.29) is 24.4 Å². The van der Waals surface area contributed by atoms with E-state index in [1.807, 2.05) is 35.2 Å². The fraction of sp³-hybridized carbons (Fsp3) is 0.273. The maximum atomic E-state index is 12.2. The summed E-state index contributed by atoms with van der Waals surface area (Å²) in [5.41, 5.74) is 2.00. The summed E-state index contributed by atoms with van der Waals surface area (Å²) in [6.45, 7) is 1.90. The zero-order valence-corrected chi connectivity index (χ0v) is 17.2. The van der Waals surface area contributed by atoms with Crippen LogP contribution < -0.4 is 4.90 Å². The molecule has 0 unspecified atom stereocenters. The minimum Gasteiger partial charge on any atom is -0.481 e. The van der Waals surface area contributed by atoms with Gasteiger partial charge in [-0.15, -0.1) is 0 Å². The fourth-order valence-corrected chi connectivity index (χ4v) is 3.70. The number of carbonyl (C=O) groups is 2. The number of benzene rings is 2. The molecule has 2 aromatic carbocycles. The predicted octanol–water partition coefficient (Wildman–Crippen LogP) is 2.72. The number of anilines is 1. The van der Waals surface area contributed by atoms with E-state index < -0.39 is 10.9 Å². The van der Waals surface area contributed by atoms with Gasteiger partial charge in [0.05, 0.1) is 22.6 Å². The van der Waals surface area contributed by atoms with Gasteiger partial charge in [0.1, 0.15) is 0 Å². The van der Waals surface area contributed by atoms with Crippen LogP contribution in [0.4, 0.5) is 11.6 Å². The number of amides is 1. The molecule has 1 aliphatic rings. The quantitative estimate of drug-likeness (QED) is 0.462. The van der Waals surface area contributed by atoms with Gasteiger partial charge in [0.2, 0.25) is 11.9 Å². The molecule has 164 valence electrons. The molecule has 1 amide bonds. The van der Waals surface area contributed by atoms with Crippen molar-refractivity contribution in [1.29, 1.82) is 0 Å². The number of aliphatic carboxylic acids is 1. The van der Waals surface area contributed by atoms with Crippen LogP contribution in [0.2, 0.25) is 0 Å². The summed E-state index contributed by atoms with van der Waals surface area (Å²) in [5.74, 6) is -0.679. The van der Waals surface area contributed by atoms with Gasteiger partial charge in [-0.3, -0.25) is 19.7 Å². The van der Waals surface area contributed by atoms with Crippen LogP contribution in [0, 0.1) is 10.1 Å². The number of non-ortho nitro benzene ring substituents is 1. The predicted molar refractivity (Wildman–Crippen MR) is 117 cm³/mol. The van der Waals surface area contributed by atoms with Crippen LogP contribution in [0.3, 0.4) is 0 Å². The average Bonchev–Trinajstić information content (AvgIpc) is 2.82. The second-order valence-corrected chi connectivity index (χ2v) is 7.46. The highest BCUT2D eigenvalue weighted by atomic mass is 16.6. The van der Waals surface area contributed by atoms with Gasteiger partial charge in [0.15, 0.2) is 0 Å². The number of hydrogen-bond donors (Lipinski definition) is 1. The second kappa shape index (κ2) is 8.96. The average molecular weight is 435 g/mol. The Morgan fingerprint density at radius 1 is 1.00 bits per heavy atom. The van der Waals surface area contributed by atoms with Crippen LogP contribution in [0.5, 0.6) is 0 Å². The van der Waals surface area contributed by atoms with Crippen LogP contribution in [-0.2, 0) is 9.59 Å². The summed E-state index contributed by atoms with van der Waals surface area (Å²) >= 11 is 0. The molecule has 10 nitrogen and oxygen atoms in total. The molecule has 0 bridgehead atoms. The third-order valence-electron chi connectivity index (χ3n) is 5.39. The van der Waals surface area contributed by atoms with Crippen molar-refractivity contribution in [3.05, 3.63) is 58.6 Å². The second-order valence-electron chi connectivity index (χ2n) is 7.46. The summed E-state index contributed by atoms with van der Waals surface area (Å²) in [7, 11) is 0. The molecule has 10 heteroatoms. The van der Waals surface area contributed by atoms with Gasteiger partial charge in [-0.05, 0) is 6.07 Å². The maximum absolute atomic E-state index is 12.2. The number of nitro benzene ring substituents is 1. The Morgan fingerprint density at radius 3 is 2.38 bits per heavy atom. The molecule has 0 aliphatic carbocycles. The molecule has 1 aromatic heterocycles. The fourth-order valence-electron chi connectivity index (χ4n) is 3.70. The molecule has 0 saturated carbocycles. The lowest BCUT2D eigenvalue weighted by molar-refractivity contribution is -0.384. The minimum absolute atomic E-state index is 0.0151. The smallest absolute Gasteiger partial charge is 0.303 e. The maximum Gasteiger partial charge on any atom is 0.303 e. The number of piperazine rings is 1. The zero-order valence-electron chi connectivity index (χ0n) is 17.2. The van der Waals surface area contributed by atoms with Gasteiger partial charge >= 0.3 is 5.97 Å². The van der Waals surface area contributed by atoms with E-state index in [1.54, 1.807) is 11.0 Å². The summed E-state index contributed by atoms with van der Waals surface area (Å²) in [6.07, 6.45) is -0.196. The molecule has 1 saturated heterocycles. The Labute approximate surface area is 183 Å². The highest BCUT2D eigenvalue weighted by molar-refractivity contribution is 5.94. The number of nitro groups is 1. The number of aromatic nitrogens is 2. The standard InChI is InChI=1S/C22H21N5O5/c28-19(8-9-20(29)30)25-10-12-26(13-11-25)22-23-18-7-6-16(27(31)32)14-17(18)21(24-22)15-4-2-1-3-5-15/h1-7,14H,8-13H2,(H,29,30). The molecule has 4 rings (SSSR count). The molecule has 1 aliphatic heterocycles. The lowest BCUT2D eigenvalue weighted by atomic mass is 10.1. The van der Waals surface area contributed by atoms with Crippen molar-refractivity contribution in [1.82, 2.24) is 14.9 Å². The molecular formula is C22H21N5O5. The summed E-state index contributed by atoms with van der Waals surface area (Å²) in [5, 5.41) is 20.6. The Balaban J connectivity index is 1.63. The Morgan fingerprint density at radius 2 is 1.72 bits per heavy atom. The first-order valence-corrected chi connectivity index (χ1v) is 10.2. The molecule has 32 heavy (non-hydrogen) atoms.